The van der Waals surface area contributed by atoms with Crippen molar-refractivity contribution in [2.75, 3.05) is 20.4 Å². The van der Waals surface area contributed by atoms with Gasteiger partial charge in [-0.15, -0.1) is 0 Å². The second kappa shape index (κ2) is 6.52. The minimum absolute atomic E-state index is 0.107. The highest BCUT2D eigenvalue weighted by Crippen LogP contribution is 2.51. The maximum absolute atomic E-state index is 12.2. The molecule has 2 unspecified atom stereocenters. The van der Waals surface area contributed by atoms with E-state index in [9.17, 15) is 4.79 Å². The van der Waals surface area contributed by atoms with Crippen LogP contribution in [0, 0.1) is 6.92 Å². The van der Waals surface area contributed by atoms with Crippen LogP contribution in [0.15, 0.2) is 24.3 Å². The molecule has 2 aromatic carbocycles. The lowest BCUT2D eigenvalue weighted by Crippen LogP contribution is -2.42. The van der Waals surface area contributed by atoms with E-state index in [-0.39, 0.29) is 24.5 Å². The van der Waals surface area contributed by atoms with Crippen LogP contribution in [0.25, 0.3) is 0 Å². The van der Waals surface area contributed by atoms with Crippen molar-refractivity contribution in [3.8, 4) is 17.2 Å². The Morgan fingerprint density at radius 1 is 1.21 bits per heavy atom. The van der Waals surface area contributed by atoms with Gasteiger partial charge >= 0.3 is 0 Å². The highest BCUT2D eigenvalue weighted by molar-refractivity contribution is 5.77. The van der Waals surface area contributed by atoms with Crippen LogP contribution in [0.2, 0.25) is 0 Å². The monoisotopic (exact) mass is 379 g/mol. The van der Waals surface area contributed by atoms with Crippen LogP contribution < -0.4 is 14.2 Å². The molecule has 2 aromatic rings. The van der Waals surface area contributed by atoms with Crippen molar-refractivity contribution in [3.63, 3.8) is 0 Å². The van der Waals surface area contributed by atoms with Crippen LogP contribution in [0.1, 0.15) is 53.1 Å². The van der Waals surface area contributed by atoms with Gasteiger partial charge in [0.15, 0.2) is 11.5 Å². The molecule has 0 N–H and O–H groups in total. The third-order valence-corrected chi connectivity index (χ3v) is 6.36. The fourth-order valence-electron chi connectivity index (χ4n) is 5.20. The Morgan fingerprint density at radius 2 is 2.00 bits per heavy atom. The second-order valence-electron chi connectivity index (χ2n) is 8.07. The zero-order chi connectivity index (χ0) is 19.4. The van der Waals surface area contributed by atoms with Gasteiger partial charge in [-0.05, 0) is 54.7 Å². The summed E-state index contributed by atoms with van der Waals surface area (Å²) in [6.45, 7) is 5.85. The normalized spacial score (nSPS) is 22.2. The van der Waals surface area contributed by atoms with Crippen LogP contribution in [0.4, 0.5) is 0 Å². The lowest BCUT2D eigenvalue weighted by atomic mass is 9.74. The SMILES string of the molecule is COc1c(C)ccc2c1CN1CCc3cc4c(cc3C1C2CC(C)=O)OCO4. The van der Waals surface area contributed by atoms with Gasteiger partial charge in [-0.3, -0.25) is 4.90 Å². The average Bonchev–Trinajstić information content (AvgIpc) is 3.12. The molecule has 5 nitrogen and oxygen atoms in total. The van der Waals surface area contributed by atoms with Gasteiger partial charge in [-0.1, -0.05) is 12.1 Å². The summed E-state index contributed by atoms with van der Waals surface area (Å²) in [6, 6.07) is 8.74. The Morgan fingerprint density at radius 3 is 2.75 bits per heavy atom. The fourth-order valence-corrected chi connectivity index (χ4v) is 5.20. The third-order valence-electron chi connectivity index (χ3n) is 6.36. The zero-order valence-electron chi connectivity index (χ0n) is 16.6. The molecule has 0 aromatic heterocycles. The Bertz CT molecular complexity index is 968. The summed E-state index contributed by atoms with van der Waals surface area (Å²) in [4.78, 5) is 14.7. The largest absolute Gasteiger partial charge is 0.496 e. The molecule has 0 aliphatic carbocycles. The molecule has 5 rings (SSSR count). The van der Waals surface area contributed by atoms with Crippen molar-refractivity contribution >= 4 is 5.78 Å². The van der Waals surface area contributed by atoms with Crippen molar-refractivity contribution in [3.05, 3.63) is 52.1 Å². The molecule has 0 fully saturated rings. The molecule has 0 spiro atoms. The number of rotatable bonds is 3. The summed E-state index contributed by atoms with van der Waals surface area (Å²) >= 11 is 0. The molecule has 0 saturated carbocycles. The predicted molar refractivity (Wildman–Crippen MR) is 105 cm³/mol. The smallest absolute Gasteiger partial charge is 0.231 e. The van der Waals surface area contributed by atoms with E-state index in [1.807, 2.05) is 0 Å². The summed E-state index contributed by atoms with van der Waals surface area (Å²) in [5.41, 5.74) is 6.19. The van der Waals surface area contributed by atoms with Gasteiger partial charge in [0.2, 0.25) is 6.79 Å². The van der Waals surface area contributed by atoms with E-state index in [1.165, 1.54) is 22.3 Å². The van der Waals surface area contributed by atoms with Gasteiger partial charge in [-0.25, -0.2) is 0 Å². The highest BCUT2D eigenvalue weighted by atomic mass is 16.7. The van der Waals surface area contributed by atoms with E-state index in [1.54, 1.807) is 14.0 Å². The molecular weight excluding hydrogens is 354 g/mol. The van der Waals surface area contributed by atoms with Gasteiger partial charge in [0.05, 0.1) is 7.11 Å². The third kappa shape index (κ3) is 2.60. The van der Waals surface area contributed by atoms with Crippen LogP contribution in [0.3, 0.4) is 0 Å². The van der Waals surface area contributed by atoms with Crippen molar-refractivity contribution in [1.82, 2.24) is 4.90 Å². The summed E-state index contributed by atoms with van der Waals surface area (Å²) in [7, 11) is 1.74. The molecular formula is C23H25NO4. The number of aryl methyl sites for hydroxylation is 1. The Balaban J connectivity index is 1.67. The van der Waals surface area contributed by atoms with Crippen molar-refractivity contribution in [1.29, 1.82) is 0 Å². The second-order valence-corrected chi connectivity index (χ2v) is 8.07. The minimum atomic E-state index is 0.107. The molecule has 146 valence electrons. The fraction of sp³-hybridized carbons (Fsp3) is 0.435. The molecule has 0 bridgehead atoms. The van der Waals surface area contributed by atoms with Crippen LogP contribution >= 0.6 is 0 Å². The first kappa shape index (κ1) is 17.6. The lowest BCUT2D eigenvalue weighted by molar-refractivity contribution is -0.117. The molecule has 2 atom stereocenters. The Hall–Kier alpha value is -2.53. The maximum Gasteiger partial charge on any atom is 0.231 e. The number of hydrogen-bond donors (Lipinski definition) is 0. The Labute approximate surface area is 165 Å². The first-order chi connectivity index (χ1) is 13.6. The average molecular weight is 379 g/mol. The number of carbonyl (C=O) groups excluding carboxylic acids is 1. The zero-order valence-corrected chi connectivity index (χ0v) is 16.6. The lowest BCUT2D eigenvalue weighted by Gasteiger charge is -2.46. The number of Topliss-reactive ketones (excluding diaryl/α,β-unsaturated/α-hetero) is 1. The summed E-state index contributed by atoms with van der Waals surface area (Å²) in [5.74, 6) is 2.93. The van der Waals surface area contributed by atoms with Crippen molar-refractivity contribution < 1.29 is 19.0 Å². The van der Waals surface area contributed by atoms with Crippen LogP contribution in [-0.4, -0.2) is 31.1 Å². The number of hydrogen-bond acceptors (Lipinski definition) is 5. The first-order valence-electron chi connectivity index (χ1n) is 9.89. The van der Waals surface area contributed by atoms with E-state index in [4.69, 9.17) is 14.2 Å². The molecule has 0 saturated heterocycles. The number of ether oxygens (including phenoxy) is 3. The minimum Gasteiger partial charge on any atom is -0.496 e. The quantitative estimate of drug-likeness (QED) is 0.809. The van der Waals surface area contributed by atoms with Gasteiger partial charge < -0.3 is 19.0 Å². The molecule has 28 heavy (non-hydrogen) atoms. The predicted octanol–water partition coefficient (Wildman–Crippen LogP) is 3.91. The topological polar surface area (TPSA) is 48.0 Å². The van der Waals surface area contributed by atoms with E-state index in [0.29, 0.717) is 6.42 Å². The molecule has 0 radical (unpaired) electrons. The molecule has 3 aliphatic rings. The number of benzene rings is 2. The number of fused-ring (bicyclic) bond motifs is 5. The number of ketones is 1. The van der Waals surface area contributed by atoms with Crippen LogP contribution in [0.5, 0.6) is 17.2 Å². The maximum atomic E-state index is 12.2. The molecule has 3 aliphatic heterocycles. The molecule has 3 heterocycles. The molecule has 5 heteroatoms. The van der Waals surface area contributed by atoms with Gasteiger partial charge in [-0.2, -0.15) is 0 Å². The summed E-state index contributed by atoms with van der Waals surface area (Å²) in [6.07, 6.45) is 1.49. The standard InChI is InChI=1S/C23H25NO4/c1-13-4-5-16-18(8-14(2)25)22-17-10-21-20(27-12-28-21)9-15(17)6-7-24(22)11-19(16)23(13)26-3/h4-5,9-10,18,22H,6-8,11-12H2,1-3H3. The van der Waals surface area contributed by atoms with Crippen molar-refractivity contribution in [2.45, 2.75) is 45.2 Å². The summed E-state index contributed by atoms with van der Waals surface area (Å²) in [5, 5.41) is 0. The highest BCUT2D eigenvalue weighted by Gasteiger charge is 2.41. The van der Waals surface area contributed by atoms with Gasteiger partial charge in [0, 0.05) is 37.0 Å². The first-order valence-corrected chi connectivity index (χ1v) is 9.89. The van der Waals surface area contributed by atoms with Gasteiger partial charge in [0.25, 0.3) is 0 Å². The Kier molecular flexibility index (Phi) is 4.09. The van der Waals surface area contributed by atoms with Gasteiger partial charge in [0.1, 0.15) is 11.5 Å². The number of methoxy groups -OCH3 is 1. The molecule has 0 amide bonds. The number of nitrogens with zero attached hydrogens (tertiary/aromatic N) is 1. The van der Waals surface area contributed by atoms with Crippen molar-refractivity contribution in [2.24, 2.45) is 0 Å². The number of carbonyl (C=O) groups is 1. The van der Waals surface area contributed by atoms with E-state index in [2.05, 4.69) is 36.1 Å². The van der Waals surface area contributed by atoms with E-state index >= 15 is 0 Å². The van der Waals surface area contributed by atoms with E-state index in [0.717, 1.165) is 42.3 Å². The van der Waals surface area contributed by atoms with Crippen LogP contribution in [-0.2, 0) is 17.8 Å². The summed E-state index contributed by atoms with van der Waals surface area (Å²) < 4.78 is 17.0. The van der Waals surface area contributed by atoms with E-state index < -0.39 is 0 Å².